The number of anilines is 1. The van der Waals surface area contributed by atoms with Crippen molar-refractivity contribution >= 4 is 39.1 Å². The van der Waals surface area contributed by atoms with Crippen LogP contribution in [0.1, 0.15) is 44.0 Å². The molecule has 2 fully saturated rings. The van der Waals surface area contributed by atoms with Crippen LogP contribution in [0, 0.1) is 11.3 Å². The summed E-state index contributed by atoms with van der Waals surface area (Å²) in [6.07, 6.45) is 1.85. The third kappa shape index (κ3) is 3.34. The van der Waals surface area contributed by atoms with Crippen LogP contribution in [0.2, 0.25) is 5.02 Å². The second kappa shape index (κ2) is 6.53. The van der Waals surface area contributed by atoms with Gasteiger partial charge in [-0.3, -0.25) is 9.59 Å². The molecule has 1 aromatic carbocycles. The van der Waals surface area contributed by atoms with Gasteiger partial charge in [0.25, 0.3) is 5.91 Å². The third-order valence-corrected chi connectivity index (χ3v) is 7.42. The van der Waals surface area contributed by atoms with Gasteiger partial charge in [0.05, 0.1) is 27.4 Å². The maximum atomic E-state index is 12.9. The molecule has 2 aliphatic heterocycles. The van der Waals surface area contributed by atoms with Gasteiger partial charge in [-0.05, 0) is 50.8 Å². The van der Waals surface area contributed by atoms with Crippen molar-refractivity contribution in [3.63, 3.8) is 0 Å². The predicted octanol–water partition coefficient (Wildman–Crippen LogP) is 2.91. The summed E-state index contributed by atoms with van der Waals surface area (Å²) in [6, 6.07) is 4.36. The first-order chi connectivity index (χ1) is 12.0. The molecule has 0 bridgehead atoms. The van der Waals surface area contributed by atoms with Crippen molar-refractivity contribution in [1.82, 2.24) is 4.90 Å². The number of halogens is 1. The molecule has 0 spiro atoms. The van der Waals surface area contributed by atoms with Gasteiger partial charge in [0.1, 0.15) is 0 Å². The van der Waals surface area contributed by atoms with Gasteiger partial charge < -0.3 is 4.90 Å². The predicted molar refractivity (Wildman–Crippen MR) is 101 cm³/mol. The van der Waals surface area contributed by atoms with Crippen molar-refractivity contribution in [2.24, 2.45) is 11.3 Å². The monoisotopic (exact) mass is 398 g/mol. The van der Waals surface area contributed by atoms with E-state index in [4.69, 9.17) is 11.6 Å². The van der Waals surface area contributed by atoms with Crippen LogP contribution >= 0.6 is 11.6 Å². The first-order valence-electron chi connectivity index (χ1n) is 8.69. The summed E-state index contributed by atoms with van der Waals surface area (Å²) in [4.78, 5) is 27.1. The Morgan fingerprint density at radius 2 is 1.85 bits per heavy atom. The molecule has 26 heavy (non-hydrogen) atoms. The Hall–Kier alpha value is -1.60. The fourth-order valence-corrected chi connectivity index (χ4v) is 5.74. The van der Waals surface area contributed by atoms with Crippen LogP contribution in [-0.4, -0.2) is 44.0 Å². The van der Waals surface area contributed by atoms with E-state index in [9.17, 15) is 18.0 Å². The van der Waals surface area contributed by atoms with E-state index < -0.39 is 21.3 Å². The van der Waals surface area contributed by atoms with E-state index in [1.165, 1.54) is 18.2 Å². The van der Waals surface area contributed by atoms with Crippen LogP contribution in [-0.2, 0) is 14.8 Å². The van der Waals surface area contributed by atoms with E-state index in [1.54, 1.807) is 18.7 Å². The lowest BCUT2D eigenvalue weighted by atomic mass is 9.95. The quantitative estimate of drug-likeness (QED) is 0.767. The maximum Gasteiger partial charge on any atom is 0.255 e. The van der Waals surface area contributed by atoms with Gasteiger partial charge in [-0.15, -0.1) is 0 Å². The summed E-state index contributed by atoms with van der Waals surface area (Å²) in [7, 11) is -3.77. The van der Waals surface area contributed by atoms with Gasteiger partial charge in [-0.25, -0.2) is 12.7 Å². The van der Waals surface area contributed by atoms with E-state index >= 15 is 0 Å². The Morgan fingerprint density at radius 1 is 1.23 bits per heavy atom. The number of likely N-dealkylation sites (tertiary alicyclic amines) is 1. The molecule has 2 heterocycles. The van der Waals surface area contributed by atoms with E-state index in [2.05, 4.69) is 6.92 Å². The molecule has 1 aromatic rings. The minimum atomic E-state index is -3.77. The van der Waals surface area contributed by atoms with Gasteiger partial charge in [0.2, 0.25) is 15.9 Å². The summed E-state index contributed by atoms with van der Waals surface area (Å²) >= 11 is 6.21. The van der Waals surface area contributed by atoms with E-state index in [1.807, 2.05) is 0 Å². The zero-order valence-corrected chi connectivity index (χ0v) is 16.7. The van der Waals surface area contributed by atoms with E-state index in [0.29, 0.717) is 19.0 Å². The zero-order valence-electron chi connectivity index (χ0n) is 15.2. The Kier molecular flexibility index (Phi) is 4.82. The van der Waals surface area contributed by atoms with Crippen molar-refractivity contribution in [1.29, 1.82) is 0 Å². The molecular weight excluding hydrogens is 376 g/mol. The highest BCUT2D eigenvalue weighted by molar-refractivity contribution is 7.94. The molecule has 6 nitrogen and oxygen atoms in total. The van der Waals surface area contributed by atoms with Crippen LogP contribution in [0.4, 0.5) is 5.69 Å². The lowest BCUT2D eigenvalue weighted by Gasteiger charge is -2.30. The molecule has 0 atom stereocenters. The summed E-state index contributed by atoms with van der Waals surface area (Å²) in [5, 5.41) is 0.251. The molecule has 0 N–H and O–H groups in total. The number of amides is 2. The number of carbonyl (C=O) groups is 2. The lowest BCUT2D eigenvalue weighted by molar-refractivity contribution is -0.123. The van der Waals surface area contributed by atoms with Crippen molar-refractivity contribution in [2.75, 3.05) is 23.1 Å². The normalized spacial score (nSPS) is 22.7. The molecule has 3 rings (SSSR count). The largest absolute Gasteiger partial charge is 0.339 e. The highest BCUT2D eigenvalue weighted by Gasteiger charge is 2.50. The molecule has 142 valence electrons. The van der Waals surface area contributed by atoms with Crippen molar-refractivity contribution in [2.45, 2.75) is 33.6 Å². The number of sulfonamides is 1. The Morgan fingerprint density at radius 3 is 2.38 bits per heavy atom. The fraction of sp³-hybridized carbons (Fsp3) is 0.556. The first-order valence-corrected chi connectivity index (χ1v) is 10.7. The van der Waals surface area contributed by atoms with Gasteiger partial charge in [-0.1, -0.05) is 18.5 Å². The average molecular weight is 399 g/mol. The maximum absolute atomic E-state index is 12.9. The Labute approximate surface area is 159 Å². The van der Waals surface area contributed by atoms with Gasteiger partial charge in [0.15, 0.2) is 0 Å². The zero-order chi connectivity index (χ0) is 19.3. The van der Waals surface area contributed by atoms with Gasteiger partial charge >= 0.3 is 0 Å². The molecule has 2 amide bonds. The molecule has 2 saturated heterocycles. The number of carbonyl (C=O) groups excluding carboxylic acids is 2. The van der Waals surface area contributed by atoms with E-state index in [-0.39, 0.29) is 27.9 Å². The number of rotatable bonds is 2. The topological polar surface area (TPSA) is 74.8 Å². The van der Waals surface area contributed by atoms with Crippen LogP contribution < -0.4 is 4.31 Å². The third-order valence-electron chi connectivity index (χ3n) is 5.07. The minimum Gasteiger partial charge on any atom is -0.339 e. The highest BCUT2D eigenvalue weighted by Crippen LogP contribution is 2.37. The SMILES string of the molecule is CC1CCN(C(=O)c2cc(N3C(=O)C(C)(C)CS3(=O)=O)ccc2Cl)CC1. The molecule has 0 saturated carbocycles. The van der Waals surface area contributed by atoms with Gasteiger partial charge in [-0.2, -0.15) is 0 Å². The summed E-state index contributed by atoms with van der Waals surface area (Å²) in [5.74, 6) is -0.401. The smallest absolute Gasteiger partial charge is 0.255 e. The second-order valence-electron chi connectivity index (χ2n) is 7.85. The molecule has 0 radical (unpaired) electrons. The van der Waals surface area contributed by atoms with Crippen LogP contribution in [0.15, 0.2) is 18.2 Å². The van der Waals surface area contributed by atoms with Crippen LogP contribution in [0.3, 0.4) is 0 Å². The average Bonchev–Trinajstić information content (AvgIpc) is 2.71. The summed E-state index contributed by atoms with van der Waals surface area (Å²) in [6.45, 7) is 6.65. The number of nitrogens with zero attached hydrogens (tertiary/aromatic N) is 2. The van der Waals surface area contributed by atoms with Crippen molar-refractivity contribution in [3.8, 4) is 0 Å². The number of hydrogen-bond acceptors (Lipinski definition) is 4. The number of piperidine rings is 1. The second-order valence-corrected chi connectivity index (χ2v) is 10.1. The highest BCUT2D eigenvalue weighted by atomic mass is 35.5. The van der Waals surface area contributed by atoms with Crippen molar-refractivity contribution < 1.29 is 18.0 Å². The first kappa shape index (κ1) is 19.2. The van der Waals surface area contributed by atoms with Crippen molar-refractivity contribution in [3.05, 3.63) is 28.8 Å². The standard InChI is InChI=1S/C18H23ClN2O4S/c1-12-6-8-20(9-7-12)16(22)14-10-13(4-5-15(14)19)21-17(23)18(2,3)11-26(21,24)25/h4-5,10,12H,6-9,11H2,1-3H3. The van der Waals surface area contributed by atoms with Crippen LogP contribution in [0.25, 0.3) is 0 Å². The lowest BCUT2D eigenvalue weighted by Crippen LogP contribution is -2.38. The summed E-state index contributed by atoms with van der Waals surface area (Å²) < 4.78 is 25.7. The van der Waals surface area contributed by atoms with E-state index in [0.717, 1.165) is 17.1 Å². The van der Waals surface area contributed by atoms with Crippen LogP contribution in [0.5, 0.6) is 0 Å². The fourth-order valence-electron chi connectivity index (χ4n) is 3.45. The molecule has 0 unspecified atom stereocenters. The van der Waals surface area contributed by atoms with Gasteiger partial charge in [0, 0.05) is 13.1 Å². The minimum absolute atomic E-state index is 0.165. The summed E-state index contributed by atoms with van der Waals surface area (Å²) in [5.41, 5.74) is -0.601. The molecule has 0 aromatic heterocycles. The Bertz CT molecular complexity index is 858. The number of benzene rings is 1. The Balaban J connectivity index is 1.96. The number of hydrogen-bond donors (Lipinski definition) is 0. The molecule has 2 aliphatic rings. The molecule has 8 heteroatoms. The molecular formula is C18H23ClN2O4S. The molecule has 0 aliphatic carbocycles.